The second kappa shape index (κ2) is 54.3. The first-order valence-corrected chi connectivity index (χ1v) is 27.8. The molecule has 0 bridgehead atoms. The van der Waals surface area contributed by atoms with E-state index in [0.29, 0.717) is 6.61 Å². The number of allylic oxidation sites excluding steroid dienone is 24. The summed E-state index contributed by atoms with van der Waals surface area (Å²) in [7, 11) is -4.31. The number of nitrogens with two attached hydrogens (primary N) is 1. The molecule has 0 aliphatic rings. The molecule has 0 aromatic carbocycles. The SMILES string of the molecule is CC/C=C\C/C=C\C/C=C\C/C=C\C/C=C\C/C=C\CCCCCCCCC(=O)OC(COCCCCCCC/C=C\C/C=C\C/C=C\C/C=C\C/C=C\C/C=C\CC)COP(=O)(O)OCCN. The first-order valence-electron chi connectivity index (χ1n) is 26.3. The summed E-state index contributed by atoms with van der Waals surface area (Å²) < 4.78 is 33.6. The van der Waals surface area contributed by atoms with Crippen molar-refractivity contribution in [2.24, 2.45) is 5.73 Å². The van der Waals surface area contributed by atoms with Crippen molar-refractivity contribution >= 4 is 13.8 Å². The molecule has 0 aliphatic heterocycles. The number of rotatable bonds is 48. The number of carbonyl (C=O) groups excluding carboxylic acids is 1. The Morgan fingerprint density at radius 3 is 1.16 bits per heavy atom. The summed E-state index contributed by atoms with van der Waals surface area (Å²) in [6, 6.07) is 0. The summed E-state index contributed by atoms with van der Waals surface area (Å²) in [6.07, 6.45) is 78.8. The molecule has 384 valence electrons. The number of unbranched alkanes of at least 4 members (excludes halogenated alkanes) is 11. The predicted molar refractivity (Wildman–Crippen MR) is 293 cm³/mol. The van der Waals surface area contributed by atoms with Gasteiger partial charge < -0.3 is 20.1 Å². The van der Waals surface area contributed by atoms with Crippen LogP contribution in [0.15, 0.2) is 146 Å². The van der Waals surface area contributed by atoms with E-state index in [1.165, 1.54) is 19.3 Å². The summed E-state index contributed by atoms with van der Waals surface area (Å²) in [6.45, 7) is 4.59. The number of carbonyl (C=O) groups is 1. The molecule has 0 heterocycles. The molecule has 2 atom stereocenters. The van der Waals surface area contributed by atoms with E-state index in [2.05, 4.69) is 160 Å². The lowest BCUT2D eigenvalue weighted by molar-refractivity contribution is -0.154. The van der Waals surface area contributed by atoms with Crippen molar-refractivity contribution in [3.8, 4) is 0 Å². The van der Waals surface area contributed by atoms with Crippen LogP contribution < -0.4 is 5.73 Å². The van der Waals surface area contributed by atoms with E-state index >= 15 is 0 Å². The van der Waals surface area contributed by atoms with Gasteiger partial charge in [-0.15, -0.1) is 0 Å². The van der Waals surface area contributed by atoms with Crippen LogP contribution in [-0.4, -0.2) is 49.9 Å². The molecule has 0 aliphatic carbocycles. The van der Waals surface area contributed by atoms with Crippen LogP contribution in [0.25, 0.3) is 0 Å². The van der Waals surface area contributed by atoms with E-state index in [9.17, 15) is 14.3 Å². The van der Waals surface area contributed by atoms with Gasteiger partial charge in [-0.1, -0.05) is 205 Å². The maximum absolute atomic E-state index is 12.7. The highest BCUT2D eigenvalue weighted by atomic mass is 31.2. The molecule has 0 amide bonds. The highest BCUT2D eigenvalue weighted by Gasteiger charge is 2.25. The van der Waals surface area contributed by atoms with E-state index in [0.717, 1.165) is 141 Å². The highest BCUT2D eigenvalue weighted by Crippen LogP contribution is 2.43. The van der Waals surface area contributed by atoms with Gasteiger partial charge in [-0.3, -0.25) is 13.8 Å². The fraction of sp³-hybridized carbons (Fsp3) is 0.576. The van der Waals surface area contributed by atoms with Crippen LogP contribution in [0.3, 0.4) is 0 Å². The first kappa shape index (κ1) is 64.4. The Bertz CT molecular complexity index is 1550. The van der Waals surface area contributed by atoms with Gasteiger partial charge in [-0.05, 0) is 116 Å². The first-order chi connectivity index (χ1) is 33.4. The Balaban J connectivity index is 4.09. The van der Waals surface area contributed by atoms with Gasteiger partial charge in [0.1, 0.15) is 6.10 Å². The minimum absolute atomic E-state index is 0.0847. The summed E-state index contributed by atoms with van der Waals surface area (Å²) in [4.78, 5) is 22.6. The fourth-order valence-electron chi connectivity index (χ4n) is 6.47. The molecule has 0 spiro atoms. The molecule has 0 aromatic rings. The number of ether oxygens (including phenoxy) is 2. The van der Waals surface area contributed by atoms with Crippen molar-refractivity contribution in [3.63, 3.8) is 0 Å². The van der Waals surface area contributed by atoms with Crippen molar-refractivity contribution in [1.29, 1.82) is 0 Å². The average Bonchev–Trinajstić information content (AvgIpc) is 3.33. The smallest absolute Gasteiger partial charge is 0.457 e. The van der Waals surface area contributed by atoms with Crippen LogP contribution in [0.1, 0.15) is 181 Å². The van der Waals surface area contributed by atoms with Gasteiger partial charge in [0.15, 0.2) is 0 Å². The normalized spacial score (nSPS) is 14.5. The third kappa shape index (κ3) is 53.3. The third-order valence-corrected chi connectivity index (χ3v) is 11.2. The molecule has 0 aromatic heterocycles. The van der Waals surface area contributed by atoms with E-state index in [-0.39, 0.29) is 38.8 Å². The predicted octanol–water partition coefficient (Wildman–Crippen LogP) is 16.9. The summed E-state index contributed by atoms with van der Waals surface area (Å²) >= 11 is 0. The van der Waals surface area contributed by atoms with E-state index in [4.69, 9.17) is 24.3 Å². The Labute approximate surface area is 416 Å². The Hall–Kier alpha value is -3.62. The molecule has 0 radical (unpaired) electrons. The average molecular weight is 962 g/mol. The molecule has 8 nitrogen and oxygen atoms in total. The molecule has 0 saturated heterocycles. The van der Waals surface area contributed by atoms with Crippen molar-refractivity contribution in [2.45, 2.75) is 187 Å². The lowest BCUT2D eigenvalue weighted by Gasteiger charge is -2.20. The van der Waals surface area contributed by atoms with Crippen LogP contribution in [0.4, 0.5) is 0 Å². The van der Waals surface area contributed by atoms with Crippen LogP contribution in [0.5, 0.6) is 0 Å². The summed E-state index contributed by atoms with van der Waals surface area (Å²) in [5.74, 6) is -0.359. The van der Waals surface area contributed by atoms with Gasteiger partial charge in [-0.2, -0.15) is 0 Å². The van der Waals surface area contributed by atoms with Crippen LogP contribution in [-0.2, 0) is 27.9 Å². The standard InChI is InChI=1S/C59H96NO7P/c1-3-5-7-9-11-13-15-17-19-21-23-25-27-29-30-32-34-36-38-40-42-44-46-48-50-52-59(61)67-58(57-66-68(62,63)65-55-53-60)56-64-54-51-49-47-45-43-41-39-37-35-33-31-28-26-24-22-20-18-16-14-12-10-8-6-4-2/h5-8,11-14,17-20,23-26,29-31,33-34,36-37,39,58H,3-4,9-10,15-16,21-22,27-28,32,35,38,40-57,60H2,1-2H3,(H,62,63)/b7-5-,8-6-,13-11-,14-12-,19-17-,20-18-,25-23-,26-24-,30-29-,33-31-,36-34-,39-37-. The largest absolute Gasteiger partial charge is 0.472 e. The lowest BCUT2D eigenvalue weighted by atomic mass is 10.1. The van der Waals surface area contributed by atoms with Crippen molar-refractivity contribution < 1.29 is 32.8 Å². The topological polar surface area (TPSA) is 117 Å². The van der Waals surface area contributed by atoms with Gasteiger partial charge >= 0.3 is 13.8 Å². The lowest BCUT2D eigenvalue weighted by Crippen LogP contribution is -2.28. The molecule has 9 heteroatoms. The van der Waals surface area contributed by atoms with Crippen molar-refractivity contribution in [2.75, 3.05) is 33.0 Å². The minimum Gasteiger partial charge on any atom is -0.457 e. The Kier molecular flexibility index (Phi) is 51.4. The second-order valence-corrected chi connectivity index (χ2v) is 18.1. The third-order valence-electron chi connectivity index (χ3n) is 10.3. The molecular formula is C59H96NO7P. The zero-order valence-electron chi connectivity index (χ0n) is 42.8. The van der Waals surface area contributed by atoms with Crippen LogP contribution >= 0.6 is 7.82 Å². The summed E-state index contributed by atoms with van der Waals surface area (Å²) in [5, 5.41) is 0. The fourth-order valence-corrected chi connectivity index (χ4v) is 7.24. The molecule has 68 heavy (non-hydrogen) atoms. The van der Waals surface area contributed by atoms with Gasteiger partial charge in [0.2, 0.25) is 0 Å². The zero-order valence-corrected chi connectivity index (χ0v) is 43.7. The van der Waals surface area contributed by atoms with Gasteiger partial charge in [0.25, 0.3) is 0 Å². The van der Waals surface area contributed by atoms with Crippen LogP contribution in [0, 0.1) is 0 Å². The van der Waals surface area contributed by atoms with E-state index in [1.54, 1.807) is 0 Å². The van der Waals surface area contributed by atoms with Gasteiger partial charge in [0.05, 0.1) is 19.8 Å². The number of phosphoric acid groups is 1. The minimum atomic E-state index is -4.31. The van der Waals surface area contributed by atoms with E-state index in [1.807, 2.05) is 0 Å². The molecular weight excluding hydrogens is 866 g/mol. The molecule has 0 fully saturated rings. The number of hydrogen-bond donors (Lipinski definition) is 2. The number of phosphoric ester groups is 1. The Morgan fingerprint density at radius 1 is 0.441 bits per heavy atom. The molecule has 2 unspecified atom stereocenters. The molecule has 0 saturated carbocycles. The Morgan fingerprint density at radius 2 is 0.779 bits per heavy atom. The highest BCUT2D eigenvalue weighted by molar-refractivity contribution is 7.47. The number of esters is 1. The van der Waals surface area contributed by atoms with Crippen LogP contribution in [0.2, 0.25) is 0 Å². The maximum atomic E-state index is 12.7. The molecule has 3 N–H and O–H groups in total. The molecule has 0 rings (SSSR count). The monoisotopic (exact) mass is 962 g/mol. The van der Waals surface area contributed by atoms with Crippen molar-refractivity contribution in [1.82, 2.24) is 0 Å². The van der Waals surface area contributed by atoms with Crippen molar-refractivity contribution in [3.05, 3.63) is 146 Å². The maximum Gasteiger partial charge on any atom is 0.472 e. The second-order valence-electron chi connectivity index (χ2n) is 16.6. The van der Waals surface area contributed by atoms with E-state index < -0.39 is 13.9 Å². The van der Waals surface area contributed by atoms with Gasteiger partial charge in [0, 0.05) is 19.6 Å². The quantitative estimate of drug-likeness (QED) is 0.0268. The number of hydrogen-bond acceptors (Lipinski definition) is 7. The summed E-state index contributed by atoms with van der Waals surface area (Å²) in [5.41, 5.74) is 5.39. The van der Waals surface area contributed by atoms with Gasteiger partial charge in [-0.25, -0.2) is 4.57 Å². The zero-order chi connectivity index (χ0) is 49.4.